The van der Waals surface area contributed by atoms with E-state index in [4.69, 9.17) is 9.47 Å². The van der Waals surface area contributed by atoms with Crippen LogP contribution in [0.4, 0.5) is 18.9 Å². The van der Waals surface area contributed by atoms with Gasteiger partial charge in [0.05, 0.1) is 25.3 Å². The molecule has 25 heavy (non-hydrogen) atoms. The van der Waals surface area contributed by atoms with E-state index in [1.807, 2.05) is 0 Å². The van der Waals surface area contributed by atoms with Gasteiger partial charge in [0.15, 0.2) is 0 Å². The van der Waals surface area contributed by atoms with Crippen molar-refractivity contribution in [1.82, 2.24) is 0 Å². The van der Waals surface area contributed by atoms with E-state index in [2.05, 4.69) is 0 Å². The molecule has 0 fully saturated rings. The molecule has 0 amide bonds. The monoisotopic (exact) mass is 351 g/mol. The fourth-order valence-corrected chi connectivity index (χ4v) is 2.60. The molecule has 0 atom stereocenters. The van der Waals surface area contributed by atoms with Gasteiger partial charge in [0.2, 0.25) is 5.69 Å². The lowest BCUT2D eigenvalue weighted by Crippen LogP contribution is -2.16. The van der Waals surface area contributed by atoms with Crippen LogP contribution in [-0.2, 0) is 6.18 Å². The maximum atomic E-state index is 12.9. The third-order valence-electron chi connectivity index (χ3n) is 3.83. The third-order valence-corrected chi connectivity index (χ3v) is 3.83. The van der Waals surface area contributed by atoms with Crippen LogP contribution in [0.15, 0.2) is 36.4 Å². The van der Waals surface area contributed by atoms with E-state index < -0.39 is 17.5 Å². The van der Waals surface area contributed by atoms with E-state index in [9.17, 15) is 23.2 Å². The highest BCUT2D eigenvalue weighted by Crippen LogP contribution is 2.36. The van der Waals surface area contributed by atoms with Crippen LogP contribution in [0.1, 0.15) is 21.5 Å². The Morgan fingerprint density at radius 1 is 1.00 bits per heavy atom. The molecule has 130 valence electrons. The molecule has 8 heteroatoms. The lowest BCUT2D eigenvalue weighted by molar-refractivity contribution is -0.355. The van der Waals surface area contributed by atoms with Gasteiger partial charge in [-0.25, -0.2) is 0 Å². The Morgan fingerprint density at radius 3 is 2.12 bits per heavy atom. The second kappa shape index (κ2) is 5.80. The maximum absolute atomic E-state index is 12.9. The lowest BCUT2D eigenvalue weighted by atomic mass is 10.0. The molecule has 0 saturated heterocycles. The number of fused-ring (bicyclic) bond motifs is 1. The minimum Gasteiger partial charge on any atom is -0.618 e. The molecule has 2 aromatic rings. The molecule has 1 aliphatic heterocycles. The summed E-state index contributed by atoms with van der Waals surface area (Å²) >= 11 is 0. The molecular formula is C17H12F3NO4. The van der Waals surface area contributed by atoms with Crippen molar-refractivity contribution in [3.63, 3.8) is 0 Å². The lowest BCUT2D eigenvalue weighted by Gasteiger charge is -2.08. The van der Waals surface area contributed by atoms with Gasteiger partial charge in [-0.3, -0.25) is 4.79 Å². The second-order valence-electron chi connectivity index (χ2n) is 5.30. The number of nitrogens with zero attached hydrogens (tertiary/aromatic N) is 1. The Labute approximate surface area is 140 Å². The van der Waals surface area contributed by atoms with Gasteiger partial charge in [-0.1, -0.05) is 0 Å². The predicted octanol–water partition coefficient (Wildman–Crippen LogP) is 3.55. The first kappa shape index (κ1) is 16.8. The first-order valence-corrected chi connectivity index (χ1v) is 7.10. The van der Waals surface area contributed by atoms with Crippen molar-refractivity contribution in [2.45, 2.75) is 6.18 Å². The van der Waals surface area contributed by atoms with Gasteiger partial charge in [-0.2, -0.15) is 17.9 Å². The number of benzene rings is 2. The molecule has 0 saturated carbocycles. The van der Waals surface area contributed by atoms with Gasteiger partial charge < -0.3 is 14.7 Å². The first-order chi connectivity index (χ1) is 11.8. The van der Waals surface area contributed by atoms with Crippen LogP contribution in [0.25, 0.3) is 0 Å². The molecule has 0 N–H and O–H groups in total. The number of ether oxygens (including phenoxy) is 2. The van der Waals surface area contributed by atoms with E-state index in [1.165, 1.54) is 26.4 Å². The number of hydrogen-bond acceptors (Lipinski definition) is 4. The van der Waals surface area contributed by atoms with Crippen LogP contribution in [-0.4, -0.2) is 30.5 Å². The van der Waals surface area contributed by atoms with Gasteiger partial charge in [0.1, 0.15) is 17.1 Å². The molecule has 0 aromatic heterocycles. The number of hydrogen-bond donors (Lipinski definition) is 0. The van der Waals surface area contributed by atoms with Crippen molar-refractivity contribution >= 4 is 17.2 Å². The SMILES string of the molecule is COc1cc(OC)cc(C2=[N+]([O-])c3cc(C(F)(F)F)ccc3C2=O)c1. The highest BCUT2D eigenvalue weighted by molar-refractivity contribution is 6.52. The largest absolute Gasteiger partial charge is 0.618 e. The van der Waals surface area contributed by atoms with Crippen molar-refractivity contribution in [3.05, 3.63) is 58.3 Å². The molecule has 3 rings (SSSR count). The number of rotatable bonds is 3. The standard InChI is InChI=1S/C17H12F3NO4/c1-24-11-5-9(6-12(8-11)25-2)15-16(22)13-4-3-10(17(18,19)20)7-14(13)21(15)23/h3-8H,1-2H3. The molecule has 0 bridgehead atoms. The molecule has 1 heterocycles. The first-order valence-electron chi connectivity index (χ1n) is 7.10. The van der Waals surface area contributed by atoms with Crippen LogP contribution >= 0.6 is 0 Å². The average Bonchev–Trinajstić information content (AvgIpc) is 2.84. The number of alkyl halides is 3. The summed E-state index contributed by atoms with van der Waals surface area (Å²) in [6.07, 6.45) is -4.61. The highest BCUT2D eigenvalue weighted by atomic mass is 19.4. The summed E-state index contributed by atoms with van der Waals surface area (Å²) in [6.45, 7) is 0. The Bertz CT molecular complexity index is 881. The van der Waals surface area contributed by atoms with Crippen molar-refractivity contribution < 1.29 is 32.2 Å². The molecule has 0 aliphatic carbocycles. The highest BCUT2D eigenvalue weighted by Gasteiger charge is 2.40. The number of carbonyl (C=O) groups is 1. The molecule has 2 aromatic carbocycles. The van der Waals surface area contributed by atoms with E-state index in [0.29, 0.717) is 17.6 Å². The van der Waals surface area contributed by atoms with Crippen LogP contribution < -0.4 is 9.47 Å². The molecule has 0 spiro atoms. The van der Waals surface area contributed by atoms with Gasteiger partial charge in [0.25, 0.3) is 11.5 Å². The summed E-state index contributed by atoms with van der Waals surface area (Å²) in [5, 5.41) is 12.5. The summed E-state index contributed by atoms with van der Waals surface area (Å²) < 4.78 is 49.0. The Morgan fingerprint density at radius 2 is 1.60 bits per heavy atom. The van der Waals surface area contributed by atoms with Gasteiger partial charge in [0, 0.05) is 12.1 Å². The summed E-state index contributed by atoms with van der Waals surface area (Å²) in [5.41, 5.74) is -1.51. The van der Waals surface area contributed by atoms with Crippen LogP contribution in [0.2, 0.25) is 0 Å². The zero-order valence-corrected chi connectivity index (χ0v) is 13.2. The zero-order chi connectivity index (χ0) is 18.4. The van der Waals surface area contributed by atoms with Crippen LogP contribution in [0.5, 0.6) is 11.5 Å². The predicted molar refractivity (Wildman–Crippen MR) is 82.7 cm³/mol. The molecule has 5 nitrogen and oxygen atoms in total. The number of ketones is 1. The van der Waals surface area contributed by atoms with Gasteiger partial charge in [-0.05, 0) is 24.3 Å². The number of methoxy groups -OCH3 is 2. The van der Waals surface area contributed by atoms with Gasteiger partial charge >= 0.3 is 6.18 Å². The topological polar surface area (TPSA) is 61.6 Å². The van der Waals surface area contributed by atoms with Crippen molar-refractivity contribution in [2.75, 3.05) is 14.2 Å². The smallest absolute Gasteiger partial charge is 0.416 e. The second-order valence-corrected chi connectivity index (χ2v) is 5.30. The number of carbonyl (C=O) groups excluding carboxylic acids is 1. The van der Waals surface area contributed by atoms with Crippen molar-refractivity contribution in [3.8, 4) is 11.5 Å². The van der Waals surface area contributed by atoms with Crippen molar-refractivity contribution in [1.29, 1.82) is 0 Å². The minimum atomic E-state index is -4.61. The molecule has 0 radical (unpaired) electrons. The molecule has 1 aliphatic rings. The average molecular weight is 351 g/mol. The van der Waals surface area contributed by atoms with Gasteiger partial charge in [-0.15, -0.1) is 0 Å². The normalized spacial score (nSPS) is 13.9. The van der Waals surface area contributed by atoms with Crippen LogP contribution in [0.3, 0.4) is 0 Å². The fourth-order valence-electron chi connectivity index (χ4n) is 2.60. The minimum absolute atomic E-state index is 0.0835. The maximum Gasteiger partial charge on any atom is 0.416 e. The Kier molecular flexibility index (Phi) is 3.90. The summed E-state index contributed by atoms with van der Waals surface area (Å²) in [5.74, 6) is 0.0269. The van der Waals surface area contributed by atoms with E-state index >= 15 is 0 Å². The van der Waals surface area contributed by atoms with Crippen molar-refractivity contribution in [2.24, 2.45) is 0 Å². The fraction of sp³-hybridized carbons (Fsp3) is 0.176. The van der Waals surface area contributed by atoms with E-state index in [1.54, 1.807) is 6.07 Å². The third kappa shape index (κ3) is 2.79. The Balaban J connectivity index is 2.17. The summed E-state index contributed by atoms with van der Waals surface area (Å²) in [7, 11) is 2.80. The van der Waals surface area contributed by atoms with E-state index in [0.717, 1.165) is 12.1 Å². The molecular weight excluding hydrogens is 339 g/mol. The van der Waals surface area contributed by atoms with E-state index in [-0.39, 0.29) is 27.3 Å². The summed E-state index contributed by atoms with van der Waals surface area (Å²) in [4.78, 5) is 12.5. The quantitative estimate of drug-likeness (QED) is 0.627. The molecule has 0 unspecified atom stereocenters. The van der Waals surface area contributed by atoms with Crippen LogP contribution in [0, 0.1) is 5.21 Å². The number of halogens is 3. The zero-order valence-electron chi connectivity index (χ0n) is 13.2. The Hall–Kier alpha value is -3.03. The number of Topliss-reactive ketones (excluding diaryl/α,β-unsaturated/α-hetero) is 1. The summed E-state index contributed by atoms with van der Waals surface area (Å²) in [6, 6.07) is 6.89.